The first-order valence-corrected chi connectivity index (χ1v) is 7.97. The first kappa shape index (κ1) is 15.6. The molecule has 23 heavy (non-hydrogen) atoms. The lowest BCUT2D eigenvalue weighted by atomic mass is 9.97. The van der Waals surface area contributed by atoms with Crippen LogP contribution in [0.2, 0.25) is 0 Å². The zero-order chi connectivity index (χ0) is 16.1. The summed E-state index contributed by atoms with van der Waals surface area (Å²) < 4.78 is 5.60. The Bertz CT molecular complexity index is 657. The van der Waals surface area contributed by atoms with Crippen molar-refractivity contribution in [3.05, 3.63) is 65.7 Å². The van der Waals surface area contributed by atoms with Crippen molar-refractivity contribution in [1.29, 1.82) is 0 Å². The predicted molar refractivity (Wildman–Crippen MR) is 88.3 cm³/mol. The lowest BCUT2D eigenvalue weighted by molar-refractivity contribution is -0.123. The first-order valence-electron chi connectivity index (χ1n) is 7.97. The molecule has 0 saturated carbocycles. The van der Waals surface area contributed by atoms with Gasteiger partial charge in [0.2, 0.25) is 5.91 Å². The van der Waals surface area contributed by atoms with Crippen LogP contribution in [0.5, 0.6) is 5.75 Å². The number of carbonyl (C=O) groups is 1. The Kier molecular flexibility index (Phi) is 4.93. The van der Waals surface area contributed by atoms with Gasteiger partial charge >= 0.3 is 0 Å². The first-order chi connectivity index (χ1) is 11.3. The molecule has 0 aliphatic carbocycles. The molecule has 2 unspecified atom stereocenters. The standard InChI is InChI=1S/C19H21NO3/c21-12-6-10-17(14-7-2-1-3-8-14)20-19(22)16-13-23-18-11-5-4-9-15(16)18/h1-5,7-9,11,16-17,21H,6,10,12-13H2,(H,20,22). The summed E-state index contributed by atoms with van der Waals surface area (Å²) in [6.07, 6.45) is 1.36. The van der Waals surface area contributed by atoms with E-state index in [1.807, 2.05) is 54.6 Å². The van der Waals surface area contributed by atoms with E-state index in [1.165, 1.54) is 0 Å². The van der Waals surface area contributed by atoms with Crippen molar-refractivity contribution >= 4 is 5.91 Å². The van der Waals surface area contributed by atoms with Crippen molar-refractivity contribution in [3.63, 3.8) is 0 Å². The Balaban J connectivity index is 1.74. The summed E-state index contributed by atoms with van der Waals surface area (Å²) in [6.45, 7) is 0.501. The van der Waals surface area contributed by atoms with Crippen LogP contribution < -0.4 is 10.1 Å². The monoisotopic (exact) mass is 311 g/mol. The highest BCUT2D eigenvalue weighted by Crippen LogP contribution is 2.34. The second-order valence-corrected chi connectivity index (χ2v) is 5.74. The highest BCUT2D eigenvalue weighted by molar-refractivity contribution is 5.85. The van der Waals surface area contributed by atoms with Gasteiger partial charge in [0.15, 0.2) is 0 Å². The van der Waals surface area contributed by atoms with Crippen LogP contribution in [0.3, 0.4) is 0 Å². The third-order valence-electron chi connectivity index (χ3n) is 4.19. The minimum atomic E-state index is -0.272. The summed E-state index contributed by atoms with van der Waals surface area (Å²) in [7, 11) is 0. The average Bonchev–Trinajstić information content (AvgIpc) is 3.03. The van der Waals surface area contributed by atoms with Crippen molar-refractivity contribution < 1.29 is 14.6 Å². The van der Waals surface area contributed by atoms with Gasteiger partial charge in [-0.15, -0.1) is 0 Å². The van der Waals surface area contributed by atoms with Crippen LogP contribution in [-0.2, 0) is 4.79 Å². The number of aliphatic hydroxyl groups is 1. The van der Waals surface area contributed by atoms with Gasteiger partial charge in [-0.25, -0.2) is 0 Å². The van der Waals surface area contributed by atoms with E-state index in [1.54, 1.807) is 0 Å². The minimum absolute atomic E-state index is 0.0262. The Morgan fingerprint density at radius 2 is 1.91 bits per heavy atom. The summed E-state index contributed by atoms with van der Waals surface area (Å²) in [5, 5.41) is 12.2. The van der Waals surface area contributed by atoms with E-state index in [2.05, 4.69) is 5.32 Å². The zero-order valence-electron chi connectivity index (χ0n) is 12.9. The van der Waals surface area contributed by atoms with Gasteiger partial charge in [-0.2, -0.15) is 0 Å². The quantitative estimate of drug-likeness (QED) is 0.862. The van der Waals surface area contributed by atoms with Gasteiger partial charge in [-0.3, -0.25) is 4.79 Å². The summed E-state index contributed by atoms with van der Waals surface area (Å²) in [5.74, 6) is 0.493. The van der Waals surface area contributed by atoms with Crippen LogP contribution in [0.4, 0.5) is 0 Å². The number of amides is 1. The number of rotatable bonds is 6. The second kappa shape index (κ2) is 7.29. The van der Waals surface area contributed by atoms with E-state index in [-0.39, 0.29) is 24.5 Å². The number of hydrogen-bond acceptors (Lipinski definition) is 3. The van der Waals surface area contributed by atoms with Gasteiger partial charge in [-0.1, -0.05) is 48.5 Å². The number of para-hydroxylation sites is 1. The van der Waals surface area contributed by atoms with Gasteiger partial charge in [0.05, 0.1) is 6.04 Å². The molecule has 2 aromatic carbocycles. The van der Waals surface area contributed by atoms with Crippen LogP contribution in [0.25, 0.3) is 0 Å². The molecule has 120 valence electrons. The summed E-state index contributed by atoms with van der Waals surface area (Å²) >= 11 is 0. The number of hydrogen-bond donors (Lipinski definition) is 2. The normalized spacial score (nSPS) is 17.2. The molecule has 0 fully saturated rings. The van der Waals surface area contributed by atoms with Gasteiger partial charge in [-0.05, 0) is 24.5 Å². The van der Waals surface area contributed by atoms with Crippen molar-refractivity contribution in [2.24, 2.45) is 0 Å². The molecule has 1 heterocycles. The molecule has 2 atom stereocenters. The van der Waals surface area contributed by atoms with E-state index in [0.29, 0.717) is 19.4 Å². The van der Waals surface area contributed by atoms with E-state index in [9.17, 15) is 4.79 Å². The molecule has 0 spiro atoms. The maximum Gasteiger partial charge on any atom is 0.231 e. The third kappa shape index (κ3) is 3.54. The molecule has 2 N–H and O–H groups in total. The minimum Gasteiger partial charge on any atom is -0.492 e. The summed E-state index contributed by atoms with van der Waals surface area (Å²) in [5.41, 5.74) is 2.00. The van der Waals surface area contributed by atoms with Crippen molar-refractivity contribution in [2.75, 3.05) is 13.2 Å². The number of nitrogens with one attached hydrogen (secondary N) is 1. The molecule has 3 rings (SSSR count). The molecule has 0 bridgehead atoms. The number of ether oxygens (including phenoxy) is 1. The molecule has 1 aliphatic heterocycles. The molecular formula is C19H21NO3. The lowest BCUT2D eigenvalue weighted by Gasteiger charge is -2.21. The van der Waals surface area contributed by atoms with Gasteiger partial charge in [0.25, 0.3) is 0 Å². The van der Waals surface area contributed by atoms with E-state index < -0.39 is 0 Å². The topological polar surface area (TPSA) is 58.6 Å². The van der Waals surface area contributed by atoms with E-state index in [4.69, 9.17) is 9.84 Å². The molecular weight excluding hydrogens is 290 g/mol. The number of aliphatic hydroxyl groups excluding tert-OH is 1. The Hall–Kier alpha value is -2.33. The number of carbonyl (C=O) groups excluding carboxylic acids is 1. The fourth-order valence-electron chi connectivity index (χ4n) is 2.95. The fraction of sp³-hybridized carbons (Fsp3) is 0.316. The Morgan fingerprint density at radius 1 is 1.17 bits per heavy atom. The maximum atomic E-state index is 12.7. The summed E-state index contributed by atoms with van der Waals surface area (Å²) in [4.78, 5) is 12.7. The van der Waals surface area contributed by atoms with Gasteiger partial charge < -0.3 is 15.2 Å². The highest BCUT2D eigenvalue weighted by atomic mass is 16.5. The van der Waals surface area contributed by atoms with Crippen molar-refractivity contribution in [3.8, 4) is 5.75 Å². The largest absolute Gasteiger partial charge is 0.492 e. The van der Waals surface area contributed by atoms with E-state index in [0.717, 1.165) is 16.9 Å². The molecule has 1 amide bonds. The molecule has 0 radical (unpaired) electrons. The third-order valence-corrected chi connectivity index (χ3v) is 4.19. The molecule has 0 aromatic heterocycles. The molecule has 0 saturated heterocycles. The Labute approximate surface area is 136 Å². The highest BCUT2D eigenvalue weighted by Gasteiger charge is 2.31. The lowest BCUT2D eigenvalue weighted by Crippen LogP contribution is -2.33. The van der Waals surface area contributed by atoms with E-state index >= 15 is 0 Å². The maximum absolute atomic E-state index is 12.7. The molecule has 2 aromatic rings. The van der Waals surface area contributed by atoms with Crippen LogP contribution in [-0.4, -0.2) is 24.2 Å². The smallest absolute Gasteiger partial charge is 0.231 e. The van der Waals surface area contributed by atoms with Crippen LogP contribution in [0.15, 0.2) is 54.6 Å². The SMILES string of the molecule is O=C(NC(CCCO)c1ccccc1)C1COc2ccccc21. The zero-order valence-corrected chi connectivity index (χ0v) is 12.9. The molecule has 4 heteroatoms. The predicted octanol–water partition coefficient (Wildman–Crippen LogP) is 2.79. The molecule has 1 aliphatic rings. The number of fused-ring (bicyclic) bond motifs is 1. The van der Waals surface area contributed by atoms with Crippen LogP contribution >= 0.6 is 0 Å². The summed E-state index contributed by atoms with van der Waals surface area (Å²) in [6, 6.07) is 17.5. The van der Waals surface area contributed by atoms with Crippen molar-refractivity contribution in [1.82, 2.24) is 5.32 Å². The second-order valence-electron chi connectivity index (χ2n) is 5.74. The average molecular weight is 311 g/mol. The number of benzene rings is 2. The van der Waals surface area contributed by atoms with Gasteiger partial charge in [0.1, 0.15) is 18.3 Å². The molecule has 4 nitrogen and oxygen atoms in total. The Morgan fingerprint density at radius 3 is 2.70 bits per heavy atom. The van der Waals surface area contributed by atoms with Crippen molar-refractivity contribution in [2.45, 2.75) is 24.8 Å². The van der Waals surface area contributed by atoms with Crippen LogP contribution in [0, 0.1) is 0 Å². The van der Waals surface area contributed by atoms with Crippen LogP contribution in [0.1, 0.15) is 35.9 Å². The van der Waals surface area contributed by atoms with Gasteiger partial charge in [0, 0.05) is 12.2 Å². The fourth-order valence-corrected chi connectivity index (χ4v) is 2.95.